The molecule has 440 valence electrons. The van der Waals surface area contributed by atoms with E-state index in [2.05, 4.69) is 364 Å². The van der Waals surface area contributed by atoms with Crippen LogP contribution in [0.2, 0.25) is 10.0 Å². The van der Waals surface area contributed by atoms with Crippen LogP contribution in [-0.4, -0.2) is 16.1 Å². The second-order valence-electron chi connectivity index (χ2n) is 22.5. The van der Waals surface area contributed by atoms with Crippen molar-refractivity contribution in [1.82, 2.24) is 0 Å². The van der Waals surface area contributed by atoms with Gasteiger partial charge in [0.05, 0.1) is 27.1 Å². The predicted molar refractivity (Wildman–Crippen MR) is 399 cm³/mol. The van der Waals surface area contributed by atoms with Crippen LogP contribution in [0.25, 0.3) is 0 Å². The second-order valence-corrected chi connectivity index (χ2v) is 32.7. The molecule has 14 rings (SSSR count). The molecule has 13 aromatic carbocycles. The Morgan fingerprint density at radius 1 is 0.322 bits per heavy atom. The SMILES string of the molecule is Brc1cccc([Si](c2ccccc2)(c2ccccc2)c2cccc(Br)c2)c1.Cc1cc(C)c(Cl)c(Nc2ccccc2)c1.Cc1cc2c(Cl)c(c1)N(c1ccccc1)c1cccc(c1)[Si](c1ccccc1)(c1ccccc1)c1cccc(c1)N2c1ccccc1. The lowest BCUT2D eigenvalue weighted by molar-refractivity contribution is 1.23. The van der Waals surface area contributed by atoms with Gasteiger partial charge in [-0.05, 0) is 182 Å². The molecule has 0 amide bonds. The summed E-state index contributed by atoms with van der Waals surface area (Å²) in [5.41, 5.74) is 11.6. The van der Waals surface area contributed by atoms with Crippen molar-refractivity contribution in [2.75, 3.05) is 15.1 Å². The lowest BCUT2D eigenvalue weighted by atomic mass is 10.1. The molecule has 0 fully saturated rings. The highest BCUT2D eigenvalue weighted by atomic mass is 79.9. The first-order valence-electron chi connectivity index (χ1n) is 30.1. The zero-order chi connectivity index (χ0) is 62.0. The third-order valence-corrected chi connectivity index (χ3v) is 27.9. The Morgan fingerprint density at radius 2 is 0.667 bits per heavy atom. The summed E-state index contributed by atoms with van der Waals surface area (Å²) in [6, 6.07) is 120. The number of hydrogen-bond donors (Lipinski definition) is 1. The minimum atomic E-state index is -2.85. The number of rotatable bonds is 10. The van der Waals surface area contributed by atoms with E-state index in [1.807, 2.05) is 37.3 Å². The highest BCUT2D eigenvalue weighted by molar-refractivity contribution is 9.10. The lowest BCUT2D eigenvalue weighted by Gasteiger charge is -2.38. The molecule has 0 atom stereocenters. The number of benzene rings is 13. The van der Waals surface area contributed by atoms with Gasteiger partial charge in [-0.2, -0.15) is 0 Å². The highest BCUT2D eigenvalue weighted by Crippen LogP contribution is 2.47. The molecule has 6 bridgehead atoms. The Balaban J connectivity index is 0.000000152. The van der Waals surface area contributed by atoms with Crippen molar-refractivity contribution in [3.05, 3.63) is 369 Å². The van der Waals surface area contributed by atoms with E-state index in [-0.39, 0.29) is 0 Å². The fourth-order valence-corrected chi connectivity index (χ4v) is 24.0. The maximum Gasteiger partial charge on any atom is 0.179 e. The summed E-state index contributed by atoms with van der Waals surface area (Å²) < 4.78 is 2.22. The molecule has 0 aliphatic carbocycles. The van der Waals surface area contributed by atoms with Crippen LogP contribution >= 0.6 is 55.1 Å². The van der Waals surface area contributed by atoms with E-state index in [0.29, 0.717) is 5.02 Å². The van der Waals surface area contributed by atoms with Crippen LogP contribution in [0, 0.1) is 20.8 Å². The van der Waals surface area contributed by atoms with Gasteiger partial charge in [0.1, 0.15) is 0 Å². The standard InChI is InChI=1S/C43H33ClN2Si.C24H18Br2Si.C14H14ClN/c1-32-28-41-43(44)42(29-32)46(34-18-8-3-9-19-34)36-21-15-27-40(31-36)47(37-22-10-4-11-23-37,38-24-12-5-13-25-38)39-26-14-20-35(30-39)45(41)33-16-6-2-7-17-33;25-19-9-7-15-23(17-19)27(21-11-3-1-4-12-21,22-13-5-2-6-14-22)24-16-8-10-20(26)18-24;1-10-8-11(2)14(15)13(9-10)16-12-6-4-3-5-7-12/h2-31H,1H3;1-18H;3-9,16H,1-2H3. The molecule has 1 N–H and O–H groups in total. The maximum absolute atomic E-state index is 7.60. The van der Waals surface area contributed by atoms with Gasteiger partial charge in [-0.15, -0.1) is 0 Å². The molecule has 1 aliphatic rings. The fourth-order valence-electron chi connectivity index (χ4n) is 12.7. The van der Waals surface area contributed by atoms with Gasteiger partial charge in [0, 0.05) is 37.4 Å². The minimum Gasteiger partial charge on any atom is -0.354 e. The molecule has 13 aromatic rings. The van der Waals surface area contributed by atoms with Crippen LogP contribution in [0.5, 0.6) is 0 Å². The van der Waals surface area contributed by atoms with Gasteiger partial charge in [-0.1, -0.05) is 286 Å². The summed E-state index contributed by atoms with van der Waals surface area (Å²) in [6.45, 7) is 6.24. The number of para-hydroxylation sites is 3. The monoisotopic (exact) mass is 1360 g/mol. The molecule has 0 unspecified atom stereocenters. The fraction of sp³-hybridized carbons (Fsp3) is 0.0370. The average Bonchev–Trinajstić information content (AvgIpc) is 0.742. The Morgan fingerprint density at radius 3 is 1.09 bits per heavy atom. The normalized spacial score (nSPS) is 12.2. The Labute approximate surface area is 558 Å². The van der Waals surface area contributed by atoms with Gasteiger partial charge >= 0.3 is 0 Å². The molecule has 0 saturated heterocycles. The minimum absolute atomic E-state index is 0.689. The molecule has 0 radical (unpaired) electrons. The summed E-state index contributed by atoms with van der Waals surface area (Å²) in [7, 11) is -5.27. The maximum atomic E-state index is 7.60. The zero-order valence-corrected chi connectivity index (χ0v) is 56.8. The van der Waals surface area contributed by atoms with Crippen LogP contribution in [-0.2, 0) is 0 Å². The third kappa shape index (κ3) is 12.7. The van der Waals surface area contributed by atoms with E-state index in [1.165, 1.54) is 47.1 Å². The van der Waals surface area contributed by atoms with Crippen LogP contribution in [0.15, 0.2) is 343 Å². The van der Waals surface area contributed by atoms with E-state index >= 15 is 0 Å². The van der Waals surface area contributed by atoms with Crippen LogP contribution in [0.4, 0.5) is 45.5 Å². The van der Waals surface area contributed by atoms with Crippen molar-refractivity contribution in [3.8, 4) is 0 Å². The van der Waals surface area contributed by atoms with Crippen molar-refractivity contribution in [2.45, 2.75) is 20.8 Å². The van der Waals surface area contributed by atoms with E-state index in [1.54, 1.807) is 0 Å². The smallest absolute Gasteiger partial charge is 0.179 e. The summed E-state index contributed by atoms with van der Waals surface area (Å²) in [4.78, 5) is 4.63. The number of hydrogen-bond acceptors (Lipinski definition) is 3. The lowest BCUT2D eigenvalue weighted by Crippen LogP contribution is -2.74. The van der Waals surface area contributed by atoms with Gasteiger partial charge in [-0.3, -0.25) is 0 Å². The summed E-state index contributed by atoms with van der Waals surface area (Å²) in [5.74, 6) is 0. The van der Waals surface area contributed by atoms with Crippen LogP contribution in [0.1, 0.15) is 16.7 Å². The predicted octanol–water partition coefficient (Wildman–Crippen LogP) is 18.6. The van der Waals surface area contributed by atoms with Crippen molar-refractivity contribution in [1.29, 1.82) is 0 Å². The number of nitrogens with zero attached hydrogens (tertiary/aromatic N) is 2. The van der Waals surface area contributed by atoms with E-state index in [4.69, 9.17) is 23.2 Å². The number of fused-ring (bicyclic) bond motifs is 6. The van der Waals surface area contributed by atoms with E-state index in [9.17, 15) is 0 Å². The average molecular weight is 1370 g/mol. The third-order valence-electron chi connectivity index (χ3n) is 16.6. The molecular weight excluding hydrogens is 1300 g/mol. The summed E-state index contributed by atoms with van der Waals surface area (Å²) in [6.07, 6.45) is 0. The van der Waals surface area contributed by atoms with Gasteiger partial charge < -0.3 is 15.1 Å². The molecule has 0 saturated carbocycles. The first kappa shape index (κ1) is 61.5. The van der Waals surface area contributed by atoms with E-state index < -0.39 is 16.1 Å². The molecule has 0 spiro atoms. The summed E-state index contributed by atoms with van der Waals surface area (Å²) in [5, 5.41) is 15.6. The zero-order valence-electron chi connectivity index (χ0n) is 50.2. The van der Waals surface area contributed by atoms with Crippen LogP contribution < -0.4 is 56.6 Å². The van der Waals surface area contributed by atoms with Crippen molar-refractivity contribution < 1.29 is 0 Å². The van der Waals surface area contributed by atoms with Crippen LogP contribution in [0.3, 0.4) is 0 Å². The molecule has 9 heteroatoms. The Kier molecular flexibility index (Phi) is 19.1. The molecule has 3 nitrogen and oxygen atoms in total. The van der Waals surface area contributed by atoms with Gasteiger partial charge in [0.15, 0.2) is 16.1 Å². The van der Waals surface area contributed by atoms with E-state index in [0.717, 1.165) is 70.6 Å². The van der Waals surface area contributed by atoms with Crippen molar-refractivity contribution >= 4 is 158 Å². The highest BCUT2D eigenvalue weighted by Gasteiger charge is 2.44. The number of aryl methyl sites for hydroxylation is 3. The topological polar surface area (TPSA) is 18.5 Å². The number of halogens is 4. The van der Waals surface area contributed by atoms with Gasteiger partial charge in [-0.25, -0.2) is 0 Å². The largest absolute Gasteiger partial charge is 0.354 e. The second kappa shape index (κ2) is 28.0. The van der Waals surface area contributed by atoms with Crippen molar-refractivity contribution in [2.24, 2.45) is 0 Å². The molecule has 90 heavy (non-hydrogen) atoms. The van der Waals surface area contributed by atoms with Gasteiger partial charge in [0.2, 0.25) is 0 Å². The first-order chi connectivity index (χ1) is 44.0. The molecule has 1 heterocycles. The number of anilines is 8. The summed E-state index contributed by atoms with van der Waals surface area (Å²) >= 11 is 21.2. The molecule has 1 aliphatic heterocycles. The Hall–Kier alpha value is -8.77. The molecule has 0 aromatic heterocycles. The van der Waals surface area contributed by atoms with Crippen molar-refractivity contribution in [3.63, 3.8) is 0 Å². The van der Waals surface area contributed by atoms with Gasteiger partial charge in [0.25, 0.3) is 0 Å². The molecular formula is C81H65Br2Cl2N3Si2. The number of nitrogens with one attached hydrogen (secondary N) is 1. The first-order valence-corrected chi connectivity index (χ1v) is 36.4. The Bertz CT molecular complexity index is 4310. The quantitative estimate of drug-likeness (QED) is 0.109.